The van der Waals surface area contributed by atoms with Crippen molar-refractivity contribution < 1.29 is 9.90 Å². The third kappa shape index (κ3) is 4.24. The molecule has 0 aromatic heterocycles. The van der Waals surface area contributed by atoms with Crippen molar-refractivity contribution in [2.24, 2.45) is 11.7 Å². The third-order valence-electron chi connectivity index (χ3n) is 3.99. The molecule has 0 spiro atoms. The Morgan fingerprint density at radius 3 is 2.47 bits per heavy atom. The van der Waals surface area contributed by atoms with Gasteiger partial charge in [0, 0.05) is 12.1 Å². The lowest BCUT2D eigenvalue weighted by molar-refractivity contribution is 0.176. The van der Waals surface area contributed by atoms with Crippen LogP contribution in [0.2, 0.25) is 0 Å². The van der Waals surface area contributed by atoms with Crippen molar-refractivity contribution in [3.63, 3.8) is 0 Å². The van der Waals surface area contributed by atoms with Crippen molar-refractivity contribution in [3.8, 4) is 0 Å². The molecule has 0 aliphatic heterocycles. The van der Waals surface area contributed by atoms with Gasteiger partial charge in [0.15, 0.2) is 0 Å². The number of nitrogens with one attached hydrogen (secondary N) is 1. The molecule has 0 heterocycles. The molecule has 1 unspecified atom stereocenters. The molecular formula is C15H22N2O2. The van der Waals surface area contributed by atoms with E-state index in [0.717, 1.165) is 32.1 Å². The van der Waals surface area contributed by atoms with Gasteiger partial charge in [-0.2, -0.15) is 0 Å². The van der Waals surface area contributed by atoms with Crippen LogP contribution in [0.5, 0.6) is 0 Å². The number of benzene rings is 1. The summed E-state index contributed by atoms with van der Waals surface area (Å²) in [5.41, 5.74) is 7.09. The normalized spacial score (nSPS) is 24.7. The number of hydrogen-bond acceptors (Lipinski definition) is 2. The summed E-state index contributed by atoms with van der Waals surface area (Å²) in [6.45, 7) is 0. The Morgan fingerprint density at radius 1 is 1.26 bits per heavy atom. The van der Waals surface area contributed by atoms with Gasteiger partial charge in [0.1, 0.15) is 0 Å². The molecule has 1 fully saturated rings. The molecule has 4 heteroatoms. The fourth-order valence-electron chi connectivity index (χ4n) is 2.91. The lowest BCUT2D eigenvalue weighted by Gasteiger charge is -2.32. The minimum absolute atomic E-state index is 0.00704. The van der Waals surface area contributed by atoms with Gasteiger partial charge in [-0.15, -0.1) is 0 Å². The van der Waals surface area contributed by atoms with Crippen molar-refractivity contribution in [2.75, 3.05) is 0 Å². The summed E-state index contributed by atoms with van der Waals surface area (Å²) in [7, 11) is 0. The van der Waals surface area contributed by atoms with Gasteiger partial charge in [0.05, 0.1) is 0 Å². The van der Waals surface area contributed by atoms with Gasteiger partial charge in [0.2, 0.25) is 0 Å². The predicted molar refractivity (Wildman–Crippen MR) is 75.0 cm³/mol. The number of nitrogens with two attached hydrogens (primary N) is 1. The topological polar surface area (TPSA) is 75.3 Å². The maximum atomic E-state index is 11.0. The summed E-state index contributed by atoms with van der Waals surface area (Å²) in [6.07, 6.45) is 3.84. The van der Waals surface area contributed by atoms with Gasteiger partial charge in [-0.25, -0.2) is 4.79 Å². The predicted octanol–water partition coefficient (Wildman–Crippen LogP) is 2.38. The van der Waals surface area contributed by atoms with E-state index in [1.807, 2.05) is 30.3 Å². The van der Waals surface area contributed by atoms with Crippen molar-refractivity contribution in [1.82, 2.24) is 5.32 Å². The average Bonchev–Trinajstić information content (AvgIpc) is 2.39. The molecule has 19 heavy (non-hydrogen) atoms. The SMILES string of the molecule is NC1CCC(C(Cc2ccccc2)NC(=O)O)CC1. The Hall–Kier alpha value is -1.55. The van der Waals surface area contributed by atoms with Crippen LogP contribution in [0, 0.1) is 5.92 Å². The second-order valence-corrected chi connectivity index (χ2v) is 5.42. The summed E-state index contributed by atoms with van der Waals surface area (Å²) in [4.78, 5) is 11.0. The van der Waals surface area contributed by atoms with Gasteiger partial charge in [-0.1, -0.05) is 30.3 Å². The molecule has 0 radical (unpaired) electrons. The fraction of sp³-hybridized carbons (Fsp3) is 0.533. The summed E-state index contributed by atoms with van der Waals surface area (Å²) in [5.74, 6) is 0.399. The first-order valence-electron chi connectivity index (χ1n) is 6.94. The fourth-order valence-corrected chi connectivity index (χ4v) is 2.91. The summed E-state index contributed by atoms with van der Waals surface area (Å²) in [6, 6.07) is 10.3. The molecule has 1 saturated carbocycles. The largest absolute Gasteiger partial charge is 0.465 e. The number of rotatable bonds is 4. The highest BCUT2D eigenvalue weighted by Crippen LogP contribution is 2.27. The second kappa shape index (κ2) is 6.57. The zero-order chi connectivity index (χ0) is 13.7. The van der Waals surface area contributed by atoms with E-state index in [1.165, 1.54) is 5.56 Å². The smallest absolute Gasteiger partial charge is 0.404 e. The quantitative estimate of drug-likeness (QED) is 0.779. The molecule has 1 aromatic rings. The Kier molecular flexibility index (Phi) is 4.80. The van der Waals surface area contributed by atoms with E-state index in [2.05, 4.69) is 5.32 Å². The maximum Gasteiger partial charge on any atom is 0.404 e. The van der Waals surface area contributed by atoms with E-state index in [-0.39, 0.29) is 6.04 Å². The van der Waals surface area contributed by atoms with Gasteiger partial charge >= 0.3 is 6.09 Å². The Morgan fingerprint density at radius 2 is 1.89 bits per heavy atom. The number of hydrogen-bond donors (Lipinski definition) is 3. The number of carbonyl (C=O) groups is 1. The molecule has 1 amide bonds. The molecule has 1 aliphatic rings. The zero-order valence-corrected chi connectivity index (χ0v) is 11.1. The van der Waals surface area contributed by atoms with Crippen molar-refractivity contribution in [3.05, 3.63) is 35.9 Å². The molecular weight excluding hydrogens is 240 g/mol. The van der Waals surface area contributed by atoms with Crippen molar-refractivity contribution >= 4 is 6.09 Å². The third-order valence-corrected chi connectivity index (χ3v) is 3.99. The van der Waals surface area contributed by atoms with Crippen LogP contribution < -0.4 is 11.1 Å². The Bertz CT molecular complexity index is 400. The molecule has 1 aliphatic carbocycles. The van der Waals surface area contributed by atoms with Crippen LogP contribution in [0.3, 0.4) is 0 Å². The molecule has 0 saturated heterocycles. The summed E-state index contributed by atoms with van der Waals surface area (Å²) >= 11 is 0. The average molecular weight is 262 g/mol. The lowest BCUT2D eigenvalue weighted by atomic mass is 9.80. The summed E-state index contributed by atoms with van der Waals surface area (Å²) < 4.78 is 0. The van der Waals surface area contributed by atoms with Crippen LogP contribution in [-0.4, -0.2) is 23.3 Å². The van der Waals surface area contributed by atoms with Gasteiger partial charge in [-0.05, 0) is 43.6 Å². The highest BCUT2D eigenvalue weighted by Gasteiger charge is 2.27. The first-order valence-corrected chi connectivity index (χ1v) is 6.94. The molecule has 0 bridgehead atoms. The standard InChI is InChI=1S/C15H22N2O2/c16-13-8-6-12(7-9-13)14(17-15(18)19)10-11-4-2-1-3-5-11/h1-5,12-14,17H,6-10,16H2,(H,18,19). The number of amides is 1. The lowest BCUT2D eigenvalue weighted by Crippen LogP contribution is -2.43. The Balaban J connectivity index is 2.01. The van der Waals surface area contributed by atoms with Crippen LogP contribution >= 0.6 is 0 Å². The van der Waals surface area contributed by atoms with Crippen LogP contribution in [0.1, 0.15) is 31.2 Å². The van der Waals surface area contributed by atoms with E-state index in [0.29, 0.717) is 12.0 Å². The monoisotopic (exact) mass is 262 g/mol. The van der Waals surface area contributed by atoms with Crippen LogP contribution in [0.25, 0.3) is 0 Å². The molecule has 4 N–H and O–H groups in total. The van der Waals surface area contributed by atoms with Gasteiger partial charge in [-0.3, -0.25) is 0 Å². The molecule has 1 aromatic carbocycles. The zero-order valence-electron chi connectivity index (χ0n) is 11.1. The van der Waals surface area contributed by atoms with Crippen molar-refractivity contribution in [1.29, 1.82) is 0 Å². The second-order valence-electron chi connectivity index (χ2n) is 5.42. The first kappa shape index (κ1) is 13.9. The van der Waals surface area contributed by atoms with Crippen LogP contribution in [-0.2, 0) is 6.42 Å². The minimum atomic E-state index is -0.934. The Labute approximate surface area is 114 Å². The minimum Gasteiger partial charge on any atom is -0.465 e. The first-order chi connectivity index (χ1) is 9.15. The molecule has 104 valence electrons. The van der Waals surface area contributed by atoms with Gasteiger partial charge < -0.3 is 16.2 Å². The van der Waals surface area contributed by atoms with E-state index >= 15 is 0 Å². The van der Waals surface area contributed by atoms with Crippen LogP contribution in [0.15, 0.2) is 30.3 Å². The van der Waals surface area contributed by atoms with Crippen LogP contribution in [0.4, 0.5) is 4.79 Å². The highest BCUT2D eigenvalue weighted by molar-refractivity contribution is 5.65. The summed E-state index contributed by atoms with van der Waals surface area (Å²) in [5, 5.41) is 11.7. The molecule has 4 nitrogen and oxygen atoms in total. The highest BCUT2D eigenvalue weighted by atomic mass is 16.4. The molecule has 2 rings (SSSR count). The number of carboxylic acid groups (broad SMARTS) is 1. The van der Waals surface area contributed by atoms with Gasteiger partial charge in [0.25, 0.3) is 0 Å². The van der Waals surface area contributed by atoms with E-state index in [4.69, 9.17) is 10.8 Å². The van der Waals surface area contributed by atoms with E-state index < -0.39 is 6.09 Å². The maximum absolute atomic E-state index is 11.0. The van der Waals surface area contributed by atoms with E-state index in [9.17, 15) is 4.79 Å². The molecule has 1 atom stereocenters. The van der Waals surface area contributed by atoms with Crippen molar-refractivity contribution in [2.45, 2.75) is 44.2 Å². The van der Waals surface area contributed by atoms with E-state index in [1.54, 1.807) is 0 Å².